The fourth-order valence-electron chi connectivity index (χ4n) is 3.60. The lowest BCUT2D eigenvalue weighted by molar-refractivity contribution is 0.101. The first-order valence-electron chi connectivity index (χ1n) is 10.4. The zero-order chi connectivity index (χ0) is 23.5. The van der Waals surface area contributed by atoms with E-state index in [-0.39, 0.29) is 11.3 Å². The monoisotopic (exact) mass is 476 g/mol. The molecule has 0 saturated carbocycles. The van der Waals surface area contributed by atoms with Crippen LogP contribution in [0.25, 0.3) is 21.3 Å². The topological polar surface area (TPSA) is 61.2 Å². The molecule has 168 valence electrons. The van der Waals surface area contributed by atoms with Crippen LogP contribution in [-0.4, -0.2) is 22.4 Å². The van der Waals surface area contributed by atoms with Crippen molar-refractivity contribution in [2.45, 2.75) is 31.3 Å². The van der Waals surface area contributed by atoms with E-state index in [1.807, 2.05) is 42.6 Å². The molecule has 0 aliphatic rings. The van der Waals surface area contributed by atoms with Crippen molar-refractivity contribution in [1.82, 2.24) is 9.55 Å². The number of carbonyl (C=O) groups excluding carboxylic acids is 1. The van der Waals surface area contributed by atoms with E-state index in [1.54, 1.807) is 36.8 Å². The number of ketones is 1. The van der Waals surface area contributed by atoms with Crippen LogP contribution in [0, 0.1) is 6.92 Å². The molecule has 0 unspecified atom stereocenters. The summed E-state index contributed by atoms with van der Waals surface area (Å²) in [7, 11) is 1.60. The Hall–Kier alpha value is -3.16. The summed E-state index contributed by atoms with van der Waals surface area (Å²) in [6.45, 7) is 7.76. The maximum Gasteiger partial charge on any atom is 0.263 e. The number of Topliss-reactive ketones (excluding diaryl/α,β-unsaturated/α-hetero) is 1. The van der Waals surface area contributed by atoms with E-state index in [0.717, 1.165) is 16.7 Å². The summed E-state index contributed by atoms with van der Waals surface area (Å²) in [6.07, 6.45) is 1.70. The molecule has 0 aliphatic carbocycles. The smallest absolute Gasteiger partial charge is 0.263 e. The second-order valence-electron chi connectivity index (χ2n) is 7.67. The first-order valence-corrected chi connectivity index (χ1v) is 12.3. The number of aryl methyl sites for hydroxylation is 1. The Morgan fingerprint density at radius 3 is 2.67 bits per heavy atom. The van der Waals surface area contributed by atoms with E-state index < -0.39 is 0 Å². The Morgan fingerprint density at radius 2 is 2.00 bits per heavy atom. The summed E-state index contributed by atoms with van der Waals surface area (Å²) >= 11 is 2.92. The van der Waals surface area contributed by atoms with Gasteiger partial charge in [0.1, 0.15) is 10.6 Å². The van der Waals surface area contributed by atoms with Crippen LogP contribution in [0.1, 0.15) is 28.4 Å². The molecule has 0 spiro atoms. The lowest BCUT2D eigenvalue weighted by Gasteiger charge is -2.13. The lowest BCUT2D eigenvalue weighted by atomic mass is 10.1. The van der Waals surface area contributed by atoms with Crippen molar-refractivity contribution >= 4 is 39.1 Å². The van der Waals surface area contributed by atoms with Gasteiger partial charge in [-0.3, -0.25) is 14.2 Å². The maximum absolute atomic E-state index is 13.5. The summed E-state index contributed by atoms with van der Waals surface area (Å²) in [5.74, 6) is 1.20. The molecule has 4 rings (SSSR count). The van der Waals surface area contributed by atoms with E-state index in [0.29, 0.717) is 39.0 Å². The highest BCUT2D eigenvalue weighted by Gasteiger charge is 2.18. The number of nitrogens with zero attached hydrogens (tertiary/aromatic N) is 2. The molecule has 0 aliphatic heterocycles. The highest BCUT2D eigenvalue weighted by Crippen LogP contribution is 2.34. The van der Waals surface area contributed by atoms with Crippen molar-refractivity contribution < 1.29 is 9.53 Å². The molecule has 0 N–H and O–H groups in total. The van der Waals surface area contributed by atoms with Gasteiger partial charge in [0, 0.05) is 34.4 Å². The van der Waals surface area contributed by atoms with Crippen LogP contribution < -0.4 is 10.3 Å². The molecular formula is C26H24N2O3S2. The standard InChI is InChI=1S/C26H24N2O3S2/c1-5-12-28-25(30)23-21(18-8-6-16(2)7-9-18)15-32-24(23)27-26(28)33-14-20-13-19(17(3)29)10-11-22(20)31-4/h5-11,13,15H,1,12,14H2,2-4H3. The van der Waals surface area contributed by atoms with Crippen molar-refractivity contribution in [1.29, 1.82) is 0 Å². The van der Waals surface area contributed by atoms with Crippen molar-refractivity contribution in [3.8, 4) is 16.9 Å². The molecule has 0 atom stereocenters. The van der Waals surface area contributed by atoms with Gasteiger partial charge >= 0.3 is 0 Å². The van der Waals surface area contributed by atoms with Crippen LogP contribution in [0.5, 0.6) is 5.75 Å². The fourth-order valence-corrected chi connectivity index (χ4v) is 5.58. The summed E-state index contributed by atoms with van der Waals surface area (Å²) in [5.41, 5.74) is 4.49. The third-order valence-electron chi connectivity index (χ3n) is 5.38. The highest BCUT2D eigenvalue weighted by atomic mass is 32.2. The lowest BCUT2D eigenvalue weighted by Crippen LogP contribution is -2.22. The van der Waals surface area contributed by atoms with Gasteiger partial charge < -0.3 is 4.74 Å². The molecule has 2 aromatic heterocycles. The minimum atomic E-state index is -0.0799. The molecule has 0 saturated heterocycles. The number of carbonyl (C=O) groups is 1. The molecule has 0 radical (unpaired) electrons. The second-order valence-corrected chi connectivity index (χ2v) is 9.47. The van der Waals surface area contributed by atoms with Gasteiger partial charge in [0.15, 0.2) is 10.9 Å². The largest absolute Gasteiger partial charge is 0.496 e. The number of rotatable bonds is 8. The average molecular weight is 477 g/mol. The molecule has 0 fully saturated rings. The molecule has 2 heterocycles. The maximum atomic E-state index is 13.5. The number of allylic oxidation sites excluding steroid dienone is 1. The van der Waals surface area contributed by atoms with Crippen LogP contribution in [0.2, 0.25) is 0 Å². The van der Waals surface area contributed by atoms with Crippen molar-refractivity contribution in [3.05, 3.63) is 87.5 Å². The van der Waals surface area contributed by atoms with Gasteiger partial charge in [0.2, 0.25) is 0 Å². The predicted octanol–water partition coefficient (Wildman–Crippen LogP) is 6.12. The number of hydrogen-bond acceptors (Lipinski definition) is 6. The molecule has 5 nitrogen and oxygen atoms in total. The van der Waals surface area contributed by atoms with Gasteiger partial charge in [-0.1, -0.05) is 47.7 Å². The normalized spacial score (nSPS) is 11.0. The summed E-state index contributed by atoms with van der Waals surface area (Å²) in [4.78, 5) is 30.9. The minimum Gasteiger partial charge on any atom is -0.496 e. The number of aromatic nitrogens is 2. The SMILES string of the molecule is C=CCn1c(SCc2cc(C(C)=O)ccc2OC)nc2scc(-c3ccc(C)cc3)c2c1=O. The number of ether oxygens (including phenoxy) is 1. The number of thiophene rings is 1. The number of benzene rings is 2. The van der Waals surface area contributed by atoms with Crippen LogP contribution in [0.3, 0.4) is 0 Å². The summed E-state index contributed by atoms with van der Waals surface area (Å²) in [5, 5.41) is 3.24. The molecule has 33 heavy (non-hydrogen) atoms. The van der Waals surface area contributed by atoms with E-state index in [2.05, 4.69) is 6.58 Å². The van der Waals surface area contributed by atoms with Gasteiger partial charge in [0.25, 0.3) is 5.56 Å². The van der Waals surface area contributed by atoms with Crippen LogP contribution in [0.4, 0.5) is 0 Å². The van der Waals surface area contributed by atoms with Crippen LogP contribution >= 0.6 is 23.1 Å². The zero-order valence-corrected chi connectivity index (χ0v) is 20.4. The third kappa shape index (κ3) is 4.65. The number of thioether (sulfide) groups is 1. The summed E-state index contributed by atoms with van der Waals surface area (Å²) in [6, 6.07) is 13.5. The Kier molecular flexibility index (Phi) is 6.81. The van der Waals surface area contributed by atoms with Gasteiger partial charge in [-0.05, 0) is 37.6 Å². The van der Waals surface area contributed by atoms with E-state index in [4.69, 9.17) is 9.72 Å². The Morgan fingerprint density at radius 1 is 1.24 bits per heavy atom. The van der Waals surface area contributed by atoms with Gasteiger partial charge in [-0.25, -0.2) is 4.98 Å². The quantitative estimate of drug-likeness (QED) is 0.133. The van der Waals surface area contributed by atoms with Crippen LogP contribution in [0.15, 0.2) is 70.5 Å². The Bertz CT molecular complexity index is 1400. The molecule has 0 bridgehead atoms. The van der Waals surface area contributed by atoms with E-state index in [1.165, 1.54) is 28.7 Å². The number of fused-ring (bicyclic) bond motifs is 1. The first kappa shape index (κ1) is 23.0. The first-order chi connectivity index (χ1) is 15.9. The van der Waals surface area contributed by atoms with Crippen molar-refractivity contribution in [3.63, 3.8) is 0 Å². The van der Waals surface area contributed by atoms with E-state index in [9.17, 15) is 9.59 Å². The molecular weight excluding hydrogens is 452 g/mol. The third-order valence-corrected chi connectivity index (χ3v) is 7.27. The van der Waals surface area contributed by atoms with Crippen LogP contribution in [-0.2, 0) is 12.3 Å². The van der Waals surface area contributed by atoms with Gasteiger partial charge in [-0.2, -0.15) is 0 Å². The zero-order valence-electron chi connectivity index (χ0n) is 18.8. The highest BCUT2D eigenvalue weighted by molar-refractivity contribution is 7.98. The van der Waals surface area contributed by atoms with Crippen molar-refractivity contribution in [2.75, 3.05) is 7.11 Å². The minimum absolute atomic E-state index is 0.00534. The van der Waals surface area contributed by atoms with Crippen molar-refractivity contribution in [2.24, 2.45) is 0 Å². The Labute approximate surface area is 200 Å². The molecule has 7 heteroatoms. The molecule has 4 aromatic rings. The average Bonchev–Trinajstić information content (AvgIpc) is 3.24. The van der Waals surface area contributed by atoms with E-state index >= 15 is 0 Å². The summed E-state index contributed by atoms with van der Waals surface area (Å²) < 4.78 is 7.13. The molecule has 2 aromatic carbocycles. The van der Waals surface area contributed by atoms with Gasteiger partial charge in [0.05, 0.1) is 12.5 Å². The predicted molar refractivity (Wildman–Crippen MR) is 137 cm³/mol. The Balaban J connectivity index is 1.76. The number of methoxy groups -OCH3 is 1. The molecule has 0 amide bonds. The second kappa shape index (κ2) is 9.77. The number of hydrogen-bond donors (Lipinski definition) is 0. The fraction of sp³-hybridized carbons (Fsp3) is 0.192. The van der Waals surface area contributed by atoms with Gasteiger partial charge in [-0.15, -0.1) is 17.9 Å².